The zero-order chi connectivity index (χ0) is 15.2. The van der Waals surface area contributed by atoms with Crippen molar-refractivity contribution >= 4 is 11.9 Å². The van der Waals surface area contributed by atoms with E-state index in [0.717, 1.165) is 12.8 Å². The molecule has 116 valence electrons. The number of rotatable bonds is 6. The molecule has 0 aliphatic heterocycles. The number of esters is 2. The molecule has 0 aromatic heterocycles. The second kappa shape index (κ2) is 7.65. The quantitative estimate of drug-likeness (QED) is 0.554. The van der Waals surface area contributed by atoms with Crippen LogP contribution in [0.25, 0.3) is 0 Å². The summed E-state index contributed by atoms with van der Waals surface area (Å²) in [4.78, 5) is 23.0. The Balaban J connectivity index is 2.30. The number of ether oxygens (including phenoxy) is 2. The van der Waals surface area contributed by atoms with Crippen molar-refractivity contribution in [3.8, 4) is 0 Å². The van der Waals surface area contributed by atoms with E-state index >= 15 is 0 Å². The number of carbonyl (C=O) groups is 2. The monoisotopic (exact) mass is 284 g/mol. The van der Waals surface area contributed by atoms with E-state index < -0.39 is 0 Å². The fraction of sp³-hybridized carbons (Fsp3) is 0.875. The van der Waals surface area contributed by atoms with Gasteiger partial charge in [-0.05, 0) is 30.6 Å². The number of hydrogen-bond acceptors (Lipinski definition) is 4. The molecule has 2 atom stereocenters. The molecule has 4 heteroatoms. The SMILES string of the molecule is CCC(=O)OCCOC(=O)C(C)C1CCCC(C)(C)C1. The summed E-state index contributed by atoms with van der Waals surface area (Å²) in [6.07, 6.45) is 4.95. The predicted molar refractivity (Wildman–Crippen MR) is 77.1 cm³/mol. The van der Waals surface area contributed by atoms with Crippen molar-refractivity contribution in [3.05, 3.63) is 0 Å². The lowest BCUT2D eigenvalue weighted by atomic mass is 9.68. The Labute approximate surface area is 122 Å². The summed E-state index contributed by atoms with van der Waals surface area (Å²) >= 11 is 0. The maximum Gasteiger partial charge on any atom is 0.309 e. The van der Waals surface area contributed by atoms with Gasteiger partial charge >= 0.3 is 11.9 Å². The van der Waals surface area contributed by atoms with Gasteiger partial charge in [0.15, 0.2) is 0 Å². The Morgan fingerprint density at radius 2 is 1.90 bits per heavy atom. The molecule has 1 fully saturated rings. The first-order valence-electron chi connectivity index (χ1n) is 7.68. The predicted octanol–water partition coefficient (Wildman–Crippen LogP) is 3.34. The van der Waals surface area contributed by atoms with Crippen LogP contribution in [0.15, 0.2) is 0 Å². The summed E-state index contributed by atoms with van der Waals surface area (Å²) in [5.41, 5.74) is 0.327. The molecule has 0 aromatic carbocycles. The van der Waals surface area contributed by atoms with Gasteiger partial charge in [-0.1, -0.05) is 34.1 Å². The maximum absolute atomic E-state index is 12.0. The molecule has 0 saturated heterocycles. The van der Waals surface area contributed by atoms with Gasteiger partial charge in [-0.25, -0.2) is 0 Å². The van der Waals surface area contributed by atoms with Crippen molar-refractivity contribution in [2.24, 2.45) is 17.3 Å². The largest absolute Gasteiger partial charge is 0.462 e. The molecule has 4 nitrogen and oxygen atoms in total. The zero-order valence-corrected chi connectivity index (χ0v) is 13.2. The molecule has 0 aromatic rings. The van der Waals surface area contributed by atoms with Gasteiger partial charge in [-0.2, -0.15) is 0 Å². The van der Waals surface area contributed by atoms with E-state index in [1.807, 2.05) is 6.92 Å². The third kappa shape index (κ3) is 5.51. The molecule has 1 saturated carbocycles. The van der Waals surface area contributed by atoms with Gasteiger partial charge < -0.3 is 9.47 Å². The van der Waals surface area contributed by atoms with Gasteiger partial charge in [0.05, 0.1) is 5.92 Å². The average molecular weight is 284 g/mol. The molecule has 0 heterocycles. The fourth-order valence-corrected chi connectivity index (χ4v) is 2.91. The Morgan fingerprint density at radius 1 is 1.25 bits per heavy atom. The van der Waals surface area contributed by atoms with Crippen LogP contribution in [-0.4, -0.2) is 25.2 Å². The van der Waals surface area contributed by atoms with Gasteiger partial charge in [0.1, 0.15) is 13.2 Å². The highest BCUT2D eigenvalue weighted by Gasteiger charge is 2.34. The summed E-state index contributed by atoms with van der Waals surface area (Å²) < 4.78 is 10.1. The van der Waals surface area contributed by atoms with E-state index in [2.05, 4.69) is 13.8 Å². The lowest BCUT2D eigenvalue weighted by molar-refractivity contribution is -0.156. The van der Waals surface area contributed by atoms with Crippen molar-refractivity contribution in [3.63, 3.8) is 0 Å². The molecule has 2 unspecified atom stereocenters. The lowest BCUT2D eigenvalue weighted by Crippen LogP contribution is -2.31. The van der Waals surface area contributed by atoms with Gasteiger partial charge in [0.2, 0.25) is 0 Å². The minimum atomic E-state index is -0.261. The van der Waals surface area contributed by atoms with Crippen LogP contribution in [0.4, 0.5) is 0 Å². The molecular weight excluding hydrogens is 256 g/mol. The van der Waals surface area contributed by atoms with Crippen LogP contribution in [0.5, 0.6) is 0 Å². The molecular formula is C16H28O4. The van der Waals surface area contributed by atoms with Crippen molar-refractivity contribution in [2.75, 3.05) is 13.2 Å². The van der Waals surface area contributed by atoms with Gasteiger partial charge in [0, 0.05) is 6.42 Å². The summed E-state index contributed by atoms with van der Waals surface area (Å²) in [5.74, 6) is -0.0933. The van der Waals surface area contributed by atoms with E-state index in [1.165, 1.54) is 12.8 Å². The van der Waals surface area contributed by atoms with E-state index in [4.69, 9.17) is 9.47 Å². The van der Waals surface area contributed by atoms with Crippen LogP contribution in [0.2, 0.25) is 0 Å². The zero-order valence-electron chi connectivity index (χ0n) is 13.2. The van der Waals surface area contributed by atoms with E-state index in [0.29, 0.717) is 17.8 Å². The Morgan fingerprint density at radius 3 is 2.50 bits per heavy atom. The van der Waals surface area contributed by atoms with Crippen LogP contribution in [0.1, 0.15) is 59.8 Å². The first kappa shape index (κ1) is 17.0. The van der Waals surface area contributed by atoms with Crippen molar-refractivity contribution in [1.29, 1.82) is 0 Å². The Hall–Kier alpha value is -1.06. The first-order valence-corrected chi connectivity index (χ1v) is 7.68. The minimum absolute atomic E-state index is 0.0727. The summed E-state index contributed by atoms with van der Waals surface area (Å²) in [6.45, 7) is 8.53. The lowest BCUT2D eigenvalue weighted by Gasteiger charge is -2.37. The van der Waals surface area contributed by atoms with E-state index in [1.54, 1.807) is 6.92 Å². The van der Waals surface area contributed by atoms with Gasteiger partial charge in [-0.15, -0.1) is 0 Å². The molecule has 1 aliphatic carbocycles. The second-order valence-corrected chi connectivity index (χ2v) is 6.55. The maximum atomic E-state index is 12.0. The third-order valence-electron chi connectivity index (χ3n) is 4.20. The number of carbonyl (C=O) groups excluding carboxylic acids is 2. The van der Waals surface area contributed by atoms with Crippen molar-refractivity contribution in [1.82, 2.24) is 0 Å². The highest BCUT2D eigenvalue weighted by Crippen LogP contribution is 2.41. The molecule has 20 heavy (non-hydrogen) atoms. The Bertz CT molecular complexity index is 335. The molecule has 1 rings (SSSR count). The van der Waals surface area contributed by atoms with Crippen molar-refractivity contribution in [2.45, 2.75) is 59.8 Å². The van der Waals surface area contributed by atoms with E-state index in [-0.39, 0.29) is 31.1 Å². The van der Waals surface area contributed by atoms with Crippen LogP contribution in [0.3, 0.4) is 0 Å². The molecule has 1 aliphatic rings. The molecule has 0 bridgehead atoms. The molecule has 0 amide bonds. The topological polar surface area (TPSA) is 52.6 Å². The second-order valence-electron chi connectivity index (χ2n) is 6.55. The summed E-state index contributed by atoms with van der Waals surface area (Å²) in [6, 6.07) is 0. The molecule has 0 spiro atoms. The first-order chi connectivity index (χ1) is 9.35. The van der Waals surface area contributed by atoms with E-state index in [9.17, 15) is 9.59 Å². The van der Waals surface area contributed by atoms with Crippen LogP contribution >= 0.6 is 0 Å². The van der Waals surface area contributed by atoms with Crippen LogP contribution in [0, 0.1) is 17.3 Å². The van der Waals surface area contributed by atoms with Gasteiger partial charge in [-0.3, -0.25) is 9.59 Å². The fourth-order valence-electron chi connectivity index (χ4n) is 2.91. The standard InChI is InChI=1S/C16H28O4/c1-5-14(17)19-9-10-20-15(18)12(2)13-7-6-8-16(3,4)11-13/h12-13H,5-11H2,1-4H3. The minimum Gasteiger partial charge on any atom is -0.462 e. The highest BCUT2D eigenvalue weighted by molar-refractivity contribution is 5.72. The highest BCUT2D eigenvalue weighted by atomic mass is 16.6. The smallest absolute Gasteiger partial charge is 0.309 e. The van der Waals surface area contributed by atoms with Crippen LogP contribution in [-0.2, 0) is 19.1 Å². The Kier molecular flexibility index (Phi) is 6.50. The summed E-state index contributed by atoms with van der Waals surface area (Å²) in [5, 5.41) is 0. The average Bonchev–Trinajstić information content (AvgIpc) is 2.41. The number of hydrogen-bond donors (Lipinski definition) is 0. The molecule has 0 N–H and O–H groups in total. The third-order valence-corrected chi connectivity index (χ3v) is 4.20. The molecule has 0 radical (unpaired) electrons. The summed E-state index contributed by atoms with van der Waals surface area (Å²) in [7, 11) is 0. The normalized spacial score (nSPS) is 22.9. The van der Waals surface area contributed by atoms with Crippen molar-refractivity contribution < 1.29 is 19.1 Å². The van der Waals surface area contributed by atoms with Crippen LogP contribution < -0.4 is 0 Å². The van der Waals surface area contributed by atoms with Gasteiger partial charge in [0.25, 0.3) is 0 Å².